The Morgan fingerprint density at radius 1 is 1.32 bits per heavy atom. The molecule has 5 heteroatoms. The molecule has 2 aliphatic heterocycles. The highest BCUT2D eigenvalue weighted by atomic mass is 16.2. The molecule has 2 fully saturated rings. The molecule has 118 valence electrons. The molecule has 1 N–H and O–H groups in total. The zero-order valence-electron chi connectivity index (χ0n) is 13.0. The minimum atomic E-state index is -0.184. The highest BCUT2D eigenvalue weighted by Gasteiger charge is 2.38. The average molecular weight is 301 g/mol. The van der Waals surface area contributed by atoms with Gasteiger partial charge in [0.2, 0.25) is 11.8 Å². The number of nitrogens with one attached hydrogen (secondary N) is 1. The number of benzene rings is 1. The van der Waals surface area contributed by atoms with Crippen LogP contribution >= 0.6 is 0 Å². The SMILES string of the molecule is C[C@H]1CNCCN1C(=O)C1CC(=O)N(Cc2ccccc2)C1. The topological polar surface area (TPSA) is 52.7 Å². The summed E-state index contributed by atoms with van der Waals surface area (Å²) in [6.45, 7) is 5.61. The Morgan fingerprint density at radius 2 is 2.09 bits per heavy atom. The molecule has 0 saturated carbocycles. The van der Waals surface area contributed by atoms with E-state index in [9.17, 15) is 9.59 Å². The first kappa shape index (κ1) is 15.0. The zero-order valence-corrected chi connectivity index (χ0v) is 13.0. The van der Waals surface area contributed by atoms with Crippen molar-refractivity contribution in [3.8, 4) is 0 Å². The van der Waals surface area contributed by atoms with Gasteiger partial charge in [-0.2, -0.15) is 0 Å². The van der Waals surface area contributed by atoms with Crippen molar-refractivity contribution in [3.63, 3.8) is 0 Å². The molecule has 2 amide bonds. The van der Waals surface area contributed by atoms with Gasteiger partial charge in [0.15, 0.2) is 0 Å². The predicted octanol–water partition coefficient (Wildman–Crippen LogP) is 0.855. The lowest BCUT2D eigenvalue weighted by Gasteiger charge is -2.35. The second-order valence-corrected chi connectivity index (χ2v) is 6.25. The van der Waals surface area contributed by atoms with Gasteiger partial charge in [-0.1, -0.05) is 30.3 Å². The minimum absolute atomic E-state index is 0.0880. The number of carbonyl (C=O) groups excluding carboxylic acids is 2. The van der Waals surface area contributed by atoms with E-state index in [4.69, 9.17) is 0 Å². The predicted molar refractivity (Wildman–Crippen MR) is 84.0 cm³/mol. The third kappa shape index (κ3) is 3.14. The van der Waals surface area contributed by atoms with E-state index in [0.29, 0.717) is 19.5 Å². The highest BCUT2D eigenvalue weighted by Crippen LogP contribution is 2.23. The summed E-state index contributed by atoms with van der Waals surface area (Å²) >= 11 is 0. The van der Waals surface area contributed by atoms with E-state index in [1.165, 1.54) is 0 Å². The van der Waals surface area contributed by atoms with Crippen molar-refractivity contribution in [2.75, 3.05) is 26.2 Å². The molecule has 1 aromatic carbocycles. The Kier molecular flexibility index (Phi) is 4.43. The van der Waals surface area contributed by atoms with Gasteiger partial charge in [-0.25, -0.2) is 0 Å². The van der Waals surface area contributed by atoms with Crippen LogP contribution in [0.5, 0.6) is 0 Å². The minimum Gasteiger partial charge on any atom is -0.338 e. The third-order valence-electron chi connectivity index (χ3n) is 4.56. The molecule has 0 aromatic heterocycles. The van der Waals surface area contributed by atoms with E-state index in [2.05, 4.69) is 12.2 Å². The molecule has 0 aliphatic carbocycles. The van der Waals surface area contributed by atoms with E-state index >= 15 is 0 Å². The van der Waals surface area contributed by atoms with Crippen molar-refractivity contribution >= 4 is 11.8 Å². The van der Waals surface area contributed by atoms with E-state index in [0.717, 1.165) is 25.2 Å². The van der Waals surface area contributed by atoms with E-state index in [-0.39, 0.29) is 23.8 Å². The van der Waals surface area contributed by atoms with Crippen LogP contribution < -0.4 is 5.32 Å². The first-order chi connectivity index (χ1) is 10.6. The highest BCUT2D eigenvalue weighted by molar-refractivity contribution is 5.89. The van der Waals surface area contributed by atoms with Crippen molar-refractivity contribution in [3.05, 3.63) is 35.9 Å². The lowest BCUT2D eigenvalue weighted by atomic mass is 10.1. The number of rotatable bonds is 3. The van der Waals surface area contributed by atoms with Gasteiger partial charge in [-0.05, 0) is 12.5 Å². The van der Waals surface area contributed by atoms with Crippen molar-refractivity contribution in [1.82, 2.24) is 15.1 Å². The Bertz CT molecular complexity index is 546. The fourth-order valence-electron chi connectivity index (χ4n) is 3.30. The van der Waals surface area contributed by atoms with Crippen LogP contribution in [0.15, 0.2) is 30.3 Å². The summed E-state index contributed by atoms with van der Waals surface area (Å²) in [5.74, 6) is 0.0414. The average Bonchev–Trinajstić information content (AvgIpc) is 2.89. The number of piperazine rings is 1. The number of likely N-dealkylation sites (tertiary alicyclic amines) is 1. The number of nitrogens with zero attached hydrogens (tertiary/aromatic N) is 2. The summed E-state index contributed by atoms with van der Waals surface area (Å²) in [6.07, 6.45) is 0.350. The zero-order chi connectivity index (χ0) is 15.5. The Hall–Kier alpha value is -1.88. The molecule has 5 nitrogen and oxygen atoms in total. The second kappa shape index (κ2) is 6.48. The number of hydrogen-bond acceptors (Lipinski definition) is 3. The molecular formula is C17H23N3O2. The van der Waals surface area contributed by atoms with Crippen molar-refractivity contribution < 1.29 is 9.59 Å². The van der Waals surface area contributed by atoms with E-state index in [1.54, 1.807) is 0 Å². The summed E-state index contributed by atoms with van der Waals surface area (Å²) in [5.41, 5.74) is 1.11. The van der Waals surface area contributed by atoms with Gasteiger partial charge in [0, 0.05) is 45.2 Å². The smallest absolute Gasteiger partial charge is 0.228 e. The van der Waals surface area contributed by atoms with Gasteiger partial charge >= 0.3 is 0 Å². The van der Waals surface area contributed by atoms with Crippen LogP contribution in [0.1, 0.15) is 18.9 Å². The van der Waals surface area contributed by atoms with Gasteiger partial charge < -0.3 is 15.1 Å². The summed E-state index contributed by atoms with van der Waals surface area (Å²) in [5, 5.41) is 3.29. The molecule has 0 radical (unpaired) electrons. The maximum atomic E-state index is 12.7. The van der Waals surface area contributed by atoms with Crippen LogP contribution in [-0.4, -0.2) is 53.8 Å². The quantitative estimate of drug-likeness (QED) is 0.901. The van der Waals surface area contributed by atoms with Crippen LogP contribution in [0, 0.1) is 5.92 Å². The molecule has 22 heavy (non-hydrogen) atoms. The Balaban J connectivity index is 1.62. The maximum Gasteiger partial charge on any atom is 0.228 e. The largest absolute Gasteiger partial charge is 0.338 e. The molecule has 3 rings (SSSR count). The van der Waals surface area contributed by atoms with Crippen molar-refractivity contribution in [2.24, 2.45) is 5.92 Å². The molecule has 0 spiro atoms. The summed E-state index contributed by atoms with van der Waals surface area (Å²) in [6, 6.07) is 10.1. The van der Waals surface area contributed by atoms with Gasteiger partial charge in [0.05, 0.1) is 5.92 Å². The Labute approximate surface area is 131 Å². The lowest BCUT2D eigenvalue weighted by molar-refractivity contribution is -0.138. The van der Waals surface area contributed by atoms with Gasteiger partial charge in [-0.15, -0.1) is 0 Å². The number of carbonyl (C=O) groups is 2. The Morgan fingerprint density at radius 3 is 2.82 bits per heavy atom. The van der Waals surface area contributed by atoms with E-state index in [1.807, 2.05) is 40.1 Å². The molecular weight excluding hydrogens is 278 g/mol. The number of amides is 2. The number of hydrogen-bond donors (Lipinski definition) is 1. The molecule has 2 heterocycles. The molecule has 2 saturated heterocycles. The van der Waals surface area contributed by atoms with Crippen LogP contribution in [0.4, 0.5) is 0 Å². The van der Waals surface area contributed by atoms with Crippen molar-refractivity contribution in [2.45, 2.75) is 25.9 Å². The molecule has 1 unspecified atom stereocenters. The monoisotopic (exact) mass is 301 g/mol. The maximum absolute atomic E-state index is 12.7. The standard InChI is InChI=1S/C17H23N3O2/c1-13-10-18-7-8-20(13)17(22)15-9-16(21)19(12-15)11-14-5-3-2-4-6-14/h2-6,13,15,18H,7-12H2,1H3/t13-,15?/m0/s1. The third-order valence-corrected chi connectivity index (χ3v) is 4.56. The van der Waals surface area contributed by atoms with Gasteiger partial charge in [0.25, 0.3) is 0 Å². The summed E-state index contributed by atoms with van der Waals surface area (Å²) in [7, 11) is 0. The van der Waals surface area contributed by atoms with Crippen molar-refractivity contribution in [1.29, 1.82) is 0 Å². The van der Waals surface area contributed by atoms with Crippen LogP contribution in [0.2, 0.25) is 0 Å². The van der Waals surface area contributed by atoms with Gasteiger partial charge in [0.1, 0.15) is 0 Å². The van der Waals surface area contributed by atoms with Gasteiger partial charge in [-0.3, -0.25) is 9.59 Å². The lowest BCUT2D eigenvalue weighted by Crippen LogP contribution is -2.54. The first-order valence-electron chi connectivity index (χ1n) is 7.98. The summed E-state index contributed by atoms with van der Waals surface area (Å²) in [4.78, 5) is 28.6. The molecule has 2 atom stereocenters. The first-order valence-corrected chi connectivity index (χ1v) is 7.98. The van der Waals surface area contributed by atoms with E-state index < -0.39 is 0 Å². The van der Waals surface area contributed by atoms with Crippen LogP contribution in [-0.2, 0) is 16.1 Å². The molecule has 0 bridgehead atoms. The normalized spacial score (nSPS) is 25.6. The molecule has 1 aromatic rings. The fourth-order valence-corrected chi connectivity index (χ4v) is 3.30. The van der Waals surface area contributed by atoms with Crippen LogP contribution in [0.25, 0.3) is 0 Å². The molecule has 2 aliphatic rings. The van der Waals surface area contributed by atoms with Crippen LogP contribution in [0.3, 0.4) is 0 Å². The fraction of sp³-hybridized carbons (Fsp3) is 0.529. The second-order valence-electron chi connectivity index (χ2n) is 6.25. The summed E-state index contributed by atoms with van der Waals surface area (Å²) < 4.78 is 0.